The quantitative estimate of drug-likeness (QED) is 0.688. The average molecular weight is 480 g/mol. The van der Waals surface area contributed by atoms with Crippen LogP contribution in [0, 0.1) is 0 Å². The second-order valence-electron chi connectivity index (χ2n) is 9.15. The summed E-state index contributed by atoms with van der Waals surface area (Å²) in [7, 11) is 1.58. The zero-order chi connectivity index (χ0) is 25.0. The number of methoxy groups -OCH3 is 1. The predicted octanol–water partition coefficient (Wildman–Crippen LogP) is 3.08. The molecule has 2 atom stereocenters. The van der Waals surface area contributed by atoms with E-state index in [0.717, 1.165) is 6.42 Å². The van der Waals surface area contributed by atoms with Crippen LogP contribution in [-0.4, -0.2) is 72.1 Å². The molecule has 0 aromatic heterocycles. The lowest BCUT2D eigenvalue weighted by molar-refractivity contribution is -0.128. The van der Waals surface area contributed by atoms with Crippen molar-refractivity contribution in [2.45, 2.75) is 50.9 Å². The van der Waals surface area contributed by atoms with E-state index in [-0.39, 0.29) is 30.4 Å². The number of benzene rings is 2. The first kappa shape index (κ1) is 24.7. The molecule has 35 heavy (non-hydrogen) atoms. The molecule has 2 aliphatic rings. The molecule has 1 N–H and O–H groups in total. The number of rotatable bonds is 6. The fourth-order valence-corrected chi connectivity index (χ4v) is 4.70. The van der Waals surface area contributed by atoms with Gasteiger partial charge in [0.25, 0.3) is 11.8 Å². The lowest BCUT2D eigenvalue weighted by Gasteiger charge is -2.44. The van der Waals surface area contributed by atoms with Gasteiger partial charge in [0.1, 0.15) is 17.5 Å². The number of likely N-dealkylation sites (tertiary alicyclic amines) is 1. The van der Waals surface area contributed by atoms with Gasteiger partial charge < -0.3 is 19.7 Å². The average Bonchev–Trinajstić information content (AvgIpc) is 3.27. The Balaban J connectivity index is 1.54. The molecule has 8 heteroatoms. The number of piperidine rings is 1. The van der Waals surface area contributed by atoms with E-state index in [4.69, 9.17) is 9.47 Å². The largest absolute Gasteiger partial charge is 0.497 e. The van der Waals surface area contributed by atoms with Crippen LogP contribution in [0.25, 0.3) is 0 Å². The molecule has 0 radical (unpaired) electrons. The highest BCUT2D eigenvalue weighted by Crippen LogP contribution is 2.39. The zero-order valence-corrected chi connectivity index (χ0v) is 20.5. The first-order valence-electron chi connectivity index (χ1n) is 12.1. The fourth-order valence-electron chi connectivity index (χ4n) is 4.70. The third-order valence-electron chi connectivity index (χ3n) is 6.97. The van der Waals surface area contributed by atoms with Gasteiger partial charge in [0, 0.05) is 43.1 Å². The molecule has 2 aliphatic heterocycles. The van der Waals surface area contributed by atoms with Gasteiger partial charge in [-0.05, 0) is 49.7 Å². The molecular weight excluding hydrogens is 446 g/mol. The molecule has 8 nitrogen and oxygen atoms in total. The van der Waals surface area contributed by atoms with Crippen LogP contribution in [0.1, 0.15) is 53.8 Å². The molecule has 0 bridgehead atoms. The zero-order valence-electron chi connectivity index (χ0n) is 20.5. The molecule has 2 fully saturated rings. The Morgan fingerprint density at radius 3 is 2.26 bits per heavy atom. The minimum atomic E-state index is -0.929. The maximum atomic E-state index is 13.7. The van der Waals surface area contributed by atoms with Crippen molar-refractivity contribution < 1.29 is 23.9 Å². The number of ether oxygens (including phenoxy) is 2. The van der Waals surface area contributed by atoms with Gasteiger partial charge in [-0.15, -0.1) is 0 Å². The summed E-state index contributed by atoms with van der Waals surface area (Å²) < 4.78 is 11.4. The Morgan fingerprint density at radius 2 is 1.66 bits per heavy atom. The van der Waals surface area contributed by atoms with Crippen molar-refractivity contribution in [2.75, 3.05) is 26.8 Å². The Labute approximate surface area is 206 Å². The summed E-state index contributed by atoms with van der Waals surface area (Å²) in [5.41, 5.74) is 0.161. The van der Waals surface area contributed by atoms with Crippen LogP contribution in [0.3, 0.4) is 0 Å². The minimum Gasteiger partial charge on any atom is -0.497 e. The van der Waals surface area contributed by atoms with Crippen molar-refractivity contribution in [1.29, 1.82) is 0 Å². The van der Waals surface area contributed by atoms with E-state index >= 15 is 0 Å². The number of nitrogens with zero attached hydrogens (tertiary/aromatic N) is 2. The van der Waals surface area contributed by atoms with Crippen LogP contribution in [-0.2, 0) is 9.53 Å². The highest BCUT2D eigenvalue weighted by Gasteiger charge is 2.54. The van der Waals surface area contributed by atoms with Crippen LogP contribution >= 0.6 is 0 Å². The second-order valence-corrected chi connectivity index (χ2v) is 9.15. The normalized spacial score (nSPS) is 19.9. The van der Waals surface area contributed by atoms with Gasteiger partial charge in [0.15, 0.2) is 0 Å². The van der Waals surface area contributed by atoms with E-state index < -0.39 is 11.8 Å². The topological polar surface area (TPSA) is 88.2 Å². The van der Waals surface area contributed by atoms with E-state index in [1.807, 2.05) is 19.9 Å². The Bertz CT molecular complexity index is 1050. The predicted molar refractivity (Wildman–Crippen MR) is 131 cm³/mol. The molecule has 2 aromatic rings. The van der Waals surface area contributed by atoms with Gasteiger partial charge >= 0.3 is 0 Å². The smallest absolute Gasteiger partial charge is 0.256 e. The van der Waals surface area contributed by atoms with E-state index in [0.29, 0.717) is 42.8 Å². The monoisotopic (exact) mass is 479 g/mol. The number of carbonyl (C=O) groups is 3. The Kier molecular flexibility index (Phi) is 7.40. The standard InChI is InChI=1S/C27H33N3O5/c1-4-19(2)28-24(31)23-18-35-27(30(23)26(33)20-8-6-5-7-9-20)14-16-29(17-15-27)25(32)21-10-12-22(34-3)13-11-21/h5-13,19,23H,4,14-18H2,1-3H3,(H,28,31)/t19-,23-/m1/s1. The van der Waals surface area contributed by atoms with Crippen LogP contribution in [0.5, 0.6) is 5.75 Å². The fraction of sp³-hybridized carbons (Fsp3) is 0.444. The molecule has 0 unspecified atom stereocenters. The SMILES string of the molecule is CC[C@@H](C)NC(=O)[C@H]1COC2(CCN(C(=O)c3ccc(OC)cc3)CC2)N1C(=O)c1ccccc1. The van der Waals surface area contributed by atoms with Crippen molar-refractivity contribution in [3.8, 4) is 5.75 Å². The van der Waals surface area contributed by atoms with Gasteiger partial charge in [-0.1, -0.05) is 25.1 Å². The summed E-state index contributed by atoms with van der Waals surface area (Å²) in [6.07, 6.45) is 1.65. The van der Waals surface area contributed by atoms with E-state index in [2.05, 4.69) is 5.32 Å². The molecule has 186 valence electrons. The highest BCUT2D eigenvalue weighted by atomic mass is 16.5. The molecule has 3 amide bonds. The van der Waals surface area contributed by atoms with Gasteiger partial charge in [0.05, 0.1) is 13.7 Å². The number of carbonyl (C=O) groups excluding carboxylic acids is 3. The molecule has 2 aromatic carbocycles. The first-order chi connectivity index (χ1) is 16.9. The second kappa shape index (κ2) is 10.5. The molecule has 2 saturated heterocycles. The molecule has 0 saturated carbocycles. The van der Waals surface area contributed by atoms with Crippen LogP contribution in [0.2, 0.25) is 0 Å². The lowest BCUT2D eigenvalue weighted by Crippen LogP contribution is -2.60. The molecule has 0 aliphatic carbocycles. The summed E-state index contributed by atoms with van der Waals surface area (Å²) in [5.74, 6) is 0.169. The molecular formula is C27H33N3O5. The third kappa shape index (κ3) is 5.03. The first-order valence-corrected chi connectivity index (χ1v) is 12.1. The van der Waals surface area contributed by atoms with Gasteiger partial charge in [-0.3, -0.25) is 19.3 Å². The van der Waals surface area contributed by atoms with Gasteiger partial charge in [-0.25, -0.2) is 0 Å². The van der Waals surface area contributed by atoms with Crippen LogP contribution in [0.15, 0.2) is 54.6 Å². The number of hydrogen-bond acceptors (Lipinski definition) is 5. The van der Waals surface area contributed by atoms with Crippen LogP contribution in [0.4, 0.5) is 0 Å². The summed E-state index contributed by atoms with van der Waals surface area (Å²) in [6.45, 7) is 4.91. The molecule has 2 heterocycles. The van der Waals surface area contributed by atoms with Gasteiger partial charge in [-0.2, -0.15) is 0 Å². The highest BCUT2D eigenvalue weighted by molar-refractivity contribution is 5.98. The van der Waals surface area contributed by atoms with Crippen molar-refractivity contribution in [2.24, 2.45) is 0 Å². The Hall–Kier alpha value is -3.39. The van der Waals surface area contributed by atoms with E-state index in [9.17, 15) is 14.4 Å². The number of amides is 3. The minimum absolute atomic E-state index is 0.00306. The molecule has 4 rings (SSSR count). The summed E-state index contributed by atoms with van der Waals surface area (Å²) in [5, 5.41) is 3.00. The Morgan fingerprint density at radius 1 is 1.03 bits per heavy atom. The van der Waals surface area contributed by atoms with Crippen molar-refractivity contribution in [1.82, 2.24) is 15.1 Å². The van der Waals surface area contributed by atoms with Crippen molar-refractivity contribution >= 4 is 17.7 Å². The van der Waals surface area contributed by atoms with Gasteiger partial charge in [0.2, 0.25) is 5.91 Å². The third-order valence-corrected chi connectivity index (χ3v) is 6.97. The van der Waals surface area contributed by atoms with E-state index in [1.165, 1.54) is 0 Å². The summed E-state index contributed by atoms with van der Waals surface area (Å²) in [6, 6.07) is 15.3. The van der Waals surface area contributed by atoms with E-state index in [1.54, 1.807) is 65.4 Å². The summed E-state index contributed by atoms with van der Waals surface area (Å²) in [4.78, 5) is 43.3. The molecule has 1 spiro atoms. The van der Waals surface area contributed by atoms with Crippen LogP contribution < -0.4 is 10.1 Å². The summed E-state index contributed by atoms with van der Waals surface area (Å²) >= 11 is 0. The maximum Gasteiger partial charge on any atom is 0.256 e. The van der Waals surface area contributed by atoms with Crippen molar-refractivity contribution in [3.05, 3.63) is 65.7 Å². The van der Waals surface area contributed by atoms with Crippen molar-refractivity contribution in [3.63, 3.8) is 0 Å². The number of nitrogens with one attached hydrogen (secondary N) is 1. The maximum absolute atomic E-state index is 13.7. The number of hydrogen-bond donors (Lipinski definition) is 1. The lowest BCUT2D eigenvalue weighted by atomic mass is 9.96.